The average Bonchev–Trinajstić information content (AvgIpc) is 3.42. The third-order valence-corrected chi connectivity index (χ3v) is 22.5. The summed E-state index contributed by atoms with van der Waals surface area (Å²) in [6.07, 6.45) is 11.3. The fourth-order valence-corrected chi connectivity index (χ4v) is 20.7. The Morgan fingerprint density at radius 3 is 1.91 bits per heavy atom. The molecule has 3 rings (SSSR count). The number of anilines is 1. The summed E-state index contributed by atoms with van der Waals surface area (Å²) >= 11 is -2.41. The second-order valence-corrected chi connectivity index (χ2v) is 22.6. The number of hydrogen-bond donors (Lipinski definition) is 0. The summed E-state index contributed by atoms with van der Waals surface area (Å²) in [5.74, 6) is 0. The van der Waals surface area contributed by atoms with Crippen molar-refractivity contribution in [2.45, 2.75) is 79.2 Å². The van der Waals surface area contributed by atoms with Gasteiger partial charge in [0.1, 0.15) is 0 Å². The summed E-state index contributed by atoms with van der Waals surface area (Å²) in [7, 11) is 0. The quantitative estimate of drug-likeness (QED) is 0.205. The maximum absolute atomic E-state index is 9.15. The van der Waals surface area contributed by atoms with E-state index in [2.05, 4.69) is 66.2 Å². The summed E-state index contributed by atoms with van der Waals surface area (Å²) < 4.78 is 6.17. The standard InChI is InChI=1S/C16H12N5.3C4H9.Sn/c17-10-14-6-8-16(9-7-14)20(21-13-18-12-19-21)11-15-4-2-1-3-5-15;3*1-3-4-2;/h2-9,12-13H,11H2;3*1,3-4H2,2H3;. The molecule has 0 unspecified atom stereocenters. The van der Waals surface area contributed by atoms with Crippen molar-refractivity contribution < 1.29 is 0 Å². The zero-order valence-electron chi connectivity index (χ0n) is 21.1. The van der Waals surface area contributed by atoms with Gasteiger partial charge in [0, 0.05) is 0 Å². The van der Waals surface area contributed by atoms with Crippen molar-refractivity contribution in [1.82, 2.24) is 14.9 Å². The number of benzene rings is 2. The van der Waals surface area contributed by atoms with Gasteiger partial charge in [-0.1, -0.05) is 0 Å². The van der Waals surface area contributed by atoms with Gasteiger partial charge < -0.3 is 0 Å². The van der Waals surface area contributed by atoms with E-state index < -0.39 is 18.4 Å². The summed E-state index contributed by atoms with van der Waals surface area (Å²) in [6, 6.07) is 19.4. The Kier molecular flexibility index (Phi) is 10.5. The molecule has 3 aromatic rings. The first kappa shape index (κ1) is 26.3. The van der Waals surface area contributed by atoms with Crippen molar-refractivity contribution in [1.29, 1.82) is 5.26 Å². The molecule has 0 N–H and O–H groups in total. The first-order valence-corrected chi connectivity index (χ1v) is 20.4. The van der Waals surface area contributed by atoms with Crippen LogP contribution >= 0.6 is 0 Å². The predicted octanol–water partition coefficient (Wildman–Crippen LogP) is 6.68. The van der Waals surface area contributed by atoms with Crippen LogP contribution in [-0.4, -0.2) is 33.3 Å². The van der Waals surface area contributed by atoms with Crippen LogP contribution in [0.15, 0.2) is 61.2 Å². The molecule has 0 spiro atoms. The Bertz CT molecular complexity index is 985. The molecule has 1 heterocycles. The van der Waals surface area contributed by atoms with Gasteiger partial charge in [0.2, 0.25) is 0 Å². The van der Waals surface area contributed by atoms with Crippen LogP contribution in [0.5, 0.6) is 0 Å². The molecule has 2 aromatic carbocycles. The van der Waals surface area contributed by atoms with Gasteiger partial charge in [0.05, 0.1) is 0 Å². The molecule has 180 valence electrons. The molecule has 0 bridgehead atoms. The van der Waals surface area contributed by atoms with Crippen LogP contribution in [0, 0.1) is 11.3 Å². The average molecular weight is 564 g/mol. The first-order valence-electron chi connectivity index (χ1n) is 12.9. The predicted molar refractivity (Wildman–Crippen MR) is 144 cm³/mol. The van der Waals surface area contributed by atoms with E-state index in [4.69, 9.17) is 5.26 Å². The number of nitriles is 1. The van der Waals surface area contributed by atoms with E-state index in [1.165, 1.54) is 57.4 Å². The third kappa shape index (κ3) is 6.85. The third-order valence-electron chi connectivity index (χ3n) is 6.87. The van der Waals surface area contributed by atoms with Crippen LogP contribution in [0.1, 0.15) is 70.4 Å². The SMILES string of the molecule is CCC[CH2][Sn]([CH2]CCC)([CH2]CCC)[c]1ccc(CN(c2ccc(C#N)cc2)n2cncn2)cc1. The second-order valence-electron chi connectivity index (χ2n) is 9.32. The van der Waals surface area contributed by atoms with E-state index >= 15 is 0 Å². The van der Waals surface area contributed by atoms with Gasteiger partial charge in [0.15, 0.2) is 0 Å². The molecule has 0 atom stereocenters. The second kappa shape index (κ2) is 13.5. The van der Waals surface area contributed by atoms with Crippen LogP contribution < -0.4 is 8.59 Å². The minimum atomic E-state index is -2.41. The van der Waals surface area contributed by atoms with Gasteiger partial charge in [0.25, 0.3) is 0 Å². The molecule has 0 saturated heterocycles. The van der Waals surface area contributed by atoms with Crippen LogP contribution in [0.25, 0.3) is 0 Å². The van der Waals surface area contributed by atoms with Crippen LogP contribution in [0.4, 0.5) is 5.69 Å². The molecule has 6 heteroatoms. The molecular weight excluding hydrogens is 525 g/mol. The zero-order chi connectivity index (χ0) is 24.2. The number of hydrogen-bond acceptors (Lipinski definition) is 4. The van der Waals surface area contributed by atoms with E-state index in [9.17, 15) is 0 Å². The molecular formula is C28H39N5Sn. The number of aromatic nitrogens is 3. The summed E-state index contributed by atoms with van der Waals surface area (Å²) in [4.78, 5) is 5.91. The van der Waals surface area contributed by atoms with Gasteiger partial charge in [-0.15, -0.1) is 0 Å². The molecule has 1 aromatic heterocycles. The number of unbranched alkanes of at least 4 members (excludes halogenated alkanes) is 3. The monoisotopic (exact) mass is 565 g/mol. The fourth-order valence-electron chi connectivity index (χ4n) is 4.81. The summed E-state index contributed by atoms with van der Waals surface area (Å²) in [5.41, 5.74) is 2.89. The molecule has 0 radical (unpaired) electrons. The van der Waals surface area contributed by atoms with Gasteiger partial charge in [-0.3, -0.25) is 0 Å². The molecule has 5 nitrogen and oxygen atoms in total. The van der Waals surface area contributed by atoms with Crippen molar-refractivity contribution in [2.75, 3.05) is 5.01 Å². The molecule has 34 heavy (non-hydrogen) atoms. The first-order chi connectivity index (χ1) is 16.7. The maximum atomic E-state index is 9.15. The van der Waals surface area contributed by atoms with Crippen molar-refractivity contribution in [3.05, 3.63) is 72.3 Å². The Morgan fingerprint density at radius 1 is 0.853 bits per heavy atom. The fraction of sp³-hybridized carbons (Fsp3) is 0.464. The van der Waals surface area contributed by atoms with Crippen molar-refractivity contribution in [2.24, 2.45) is 0 Å². The van der Waals surface area contributed by atoms with Crippen LogP contribution in [-0.2, 0) is 6.54 Å². The van der Waals surface area contributed by atoms with Crippen molar-refractivity contribution >= 4 is 27.6 Å². The summed E-state index contributed by atoms with van der Waals surface area (Å²) in [6.45, 7) is 7.70. The van der Waals surface area contributed by atoms with Crippen LogP contribution in [0.2, 0.25) is 13.3 Å². The van der Waals surface area contributed by atoms with Crippen LogP contribution in [0.3, 0.4) is 0 Å². The molecule has 0 aliphatic carbocycles. The Labute approximate surface area is 209 Å². The Hall–Kier alpha value is -2.33. The normalized spacial score (nSPS) is 11.4. The van der Waals surface area contributed by atoms with Crippen molar-refractivity contribution in [3.8, 4) is 6.07 Å². The van der Waals surface area contributed by atoms with E-state index in [-0.39, 0.29) is 0 Å². The van der Waals surface area contributed by atoms with Crippen molar-refractivity contribution in [3.63, 3.8) is 0 Å². The summed E-state index contributed by atoms with van der Waals surface area (Å²) in [5, 5.41) is 15.6. The van der Waals surface area contributed by atoms with E-state index in [1.54, 1.807) is 21.0 Å². The zero-order valence-corrected chi connectivity index (χ0v) is 23.9. The van der Waals surface area contributed by atoms with E-state index in [1.807, 2.05) is 24.3 Å². The van der Waals surface area contributed by atoms with Gasteiger partial charge in [-0.05, 0) is 0 Å². The molecule has 0 aliphatic rings. The minimum absolute atomic E-state index is 0.654. The molecule has 0 amide bonds. The van der Waals surface area contributed by atoms with Gasteiger partial charge in [-0.25, -0.2) is 0 Å². The number of rotatable bonds is 14. The van der Waals surface area contributed by atoms with E-state index in [0.29, 0.717) is 12.1 Å². The topological polar surface area (TPSA) is 57.7 Å². The van der Waals surface area contributed by atoms with Gasteiger partial charge >= 0.3 is 210 Å². The van der Waals surface area contributed by atoms with E-state index in [0.717, 1.165) is 5.69 Å². The molecule has 0 fully saturated rings. The molecule has 0 saturated carbocycles. The Balaban J connectivity index is 1.87. The van der Waals surface area contributed by atoms with Gasteiger partial charge in [-0.2, -0.15) is 0 Å². The molecule has 0 aliphatic heterocycles. The Morgan fingerprint density at radius 2 is 1.44 bits per heavy atom. The number of nitrogens with zero attached hydrogens (tertiary/aromatic N) is 5.